The van der Waals surface area contributed by atoms with Gasteiger partial charge in [-0.2, -0.15) is 0 Å². The summed E-state index contributed by atoms with van der Waals surface area (Å²) in [6.07, 6.45) is 0. The van der Waals surface area contributed by atoms with Crippen LogP contribution < -0.4 is 16.2 Å². The van der Waals surface area contributed by atoms with Crippen LogP contribution in [0.2, 0.25) is 0 Å². The number of nitrogens with zero attached hydrogens (tertiary/aromatic N) is 1. The normalized spacial score (nSPS) is 10.3. The first-order valence-electron chi connectivity index (χ1n) is 5.05. The maximum Gasteiger partial charge on any atom is 0.273 e. The van der Waals surface area contributed by atoms with Crippen molar-refractivity contribution >= 4 is 60.0 Å². The Kier molecular flexibility index (Phi) is 4.38. The second-order valence-corrected chi connectivity index (χ2v) is 5.88. The number of carbonyl (C=O) groups is 1. The molecule has 0 saturated carbocycles. The van der Waals surface area contributed by atoms with E-state index < -0.39 is 11.5 Å². The van der Waals surface area contributed by atoms with Crippen LogP contribution in [0.5, 0.6) is 0 Å². The lowest BCUT2D eigenvalue weighted by molar-refractivity contribution is 0.0963. The summed E-state index contributed by atoms with van der Waals surface area (Å²) in [6, 6.07) is 3.48. The van der Waals surface area contributed by atoms with Crippen molar-refractivity contribution < 1.29 is 4.79 Å². The lowest BCUT2D eigenvalue weighted by Gasteiger charge is -2.06. The van der Waals surface area contributed by atoms with E-state index in [4.69, 9.17) is 0 Å². The number of amides is 1. The average molecular weight is 408 g/mol. The number of hydrogen-bond acceptors (Lipinski definition) is 5. The molecule has 3 N–H and O–H groups in total. The van der Waals surface area contributed by atoms with Crippen molar-refractivity contribution in [2.75, 3.05) is 12.4 Å². The number of anilines is 2. The fourth-order valence-corrected chi connectivity index (χ4v) is 3.26. The van der Waals surface area contributed by atoms with Gasteiger partial charge in [0.05, 0.1) is 0 Å². The molecule has 0 bridgehead atoms. The second-order valence-electron chi connectivity index (χ2n) is 3.44. The highest BCUT2D eigenvalue weighted by atomic mass is 79.9. The molecule has 1 amide bonds. The smallest absolute Gasteiger partial charge is 0.273 e. The van der Waals surface area contributed by atoms with Crippen LogP contribution in [0.3, 0.4) is 0 Å². The summed E-state index contributed by atoms with van der Waals surface area (Å²) < 4.78 is 3.79. The Balaban J connectivity index is 2.39. The van der Waals surface area contributed by atoms with E-state index in [-0.39, 0.29) is 5.56 Å². The van der Waals surface area contributed by atoms with Crippen LogP contribution in [0.4, 0.5) is 10.7 Å². The second kappa shape index (κ2) is 5.85. The van der Waals surface area contributed by atoms with Crippen molar-refractivity contribution in [2.24, 2.45) is 0 Å². The third-order valence-corrected chi connectivity index (χ3v) is 3.78. The number of hydrogen-bond donors (Lipinski definition) is 3. The number of aromatic amines is 1. The number of rotatable bonds is 3. The number of carbonyl (C=O) groups excluding carboxylic acids is 1. The van der Waals surface area contributed by atoms with E-state index in [0.717, 1.165) is 11.5 Å². The van der Waals surface area contributed by atoms with Crippen molar-refractivity contribution in [3.05, 3.63) is 37.3 Å². The van der Waals surface area contributed by atoms with Gasteiger partial charge in [0, 0.05) is 12.7 Å². The molecule has 19 heavy (non-hydrogen) atoms. The van der Waals surface area contributed by atoms with E-state index in [9.17, 15) is 9.59 Å². The first-order chi connectivity index (χ1) is 9.01. The van der Waals surface area contributed by atoms with Gasteiger partial charge in [-0.15, -0.1) is 0 Å². The van der Waals surface area contributed by atoms with Crippen LogP contribution in [-0.2, 0) is 0 Å². The van der Waals surface area contributed by atoms with Crippen molar-refractivity contribution in [1.29, 1.82) is 0 Å². The predicted molar refractivity (Wildman–Crippen MR) is 81.2 cm³/mol. The van der Waals surface area contributed by atoms with Gasteiger partial charge in [0.15, 0.2) is 0 Å². The highest BCUT2D eigenvalue weighted by Crippen LogP contribution is 2.26. The Morgan fingerprint density at radius 3 is 2.58 bits per heavy atom. The van der Waals surface area contributed by atoms with Gasteiger partial charge < -0.3 is 10.6 Å². The molecule has 0 unspecified atom stereocenters. The summed E-state index contributed by atoms with van der Waals surface area (Å²) in [5.74, 6) is -0.433. The number of nitrogens with one attached hydrogen (secondary N) is 3. The van der Waals surface area contributed by atoms with Gasteiger partial charge in [0.25, 0.3) is 11.5 Å². The van der Waals surface area contributed by atoms with Crippen molar-refractivity contribution in [3.8, 4) is 0 Å². The third-order valence-electron chi connectivity index (χ3n) is 2.17. The SMILES string of the molecule is CNC(=O)c1c(Nc2cc(Br)nc(Br)c2)s[nH]c1=O. The molecule has 2 heterocycles. The van der Waals surface area contributed by atoms with Crippen LogP contribution in [0.25, 0.3) is 0 Å². The molecule has 2 aromatic rings. The van der Waals surface area contributed by atoms with Gasteiger partial charge in [-0.05, 0) is 55.5 Å². The number of H-pyrrole nitrogens is 1. The minimum absolute atomic E-state index is 0.0663. The number of pyridine rings is 1. The van der Waals surface area contributed by atoms with E-state index in [1.54, 1.807) is 12.1 Å². The molecule has 2 aromatic heterocycles. The lowest BCUT2D eigenvalue weighted by atomic mass is 10.3. The molecule has 0 aliphatic heterocycles. The molecule has 9 heteroatoms. The minimum Gasteiger partial charge on any atom is -0.355 e. The van der Waals surface area contributed by atoms with E-state index in [1.807, 2.05) is 0 Å². The molecular weight excluding hydrogens is 400 g/mol. The molecule has 2 rings (SSSR count). The largest absolute Gasteiger partial charge is 0.355 e. The standard InChI is InChI=1S/C10H8Br2N4O2S/c1-13-8(17)7-9(18)16-19-10(7)14-4-2-5(11)15-6(12)3-4/h2-3H,1H3,(H,13,17)(H,14,15)(H,16,18). The molecule has 0 aliphatic rings. The molecule has 0 fully saturated rings. The Hall–Kier alpha value is -1.19. The zero-order chi connectivity index (χ0) is 14.0. The van der Waals surface area contributed by atoms with Gasteiger partial charge in [0.2, 0.25) is 0 Å². The Morgan fingerprint density at radius 1 is 1.37 bits per heavy atom. The third kappa shape index (κ3) is 3.23. The number of halogens is 2. The van der Waals surface area contributed by atoms with Crippen LogP contribution in [0, 0.1) is 0 Å². The molecule has 100 valence electrons. The minimum atomic E-state index is -0.433. The predicted octanol–water partition coefficient (Wildman–Crippen LogP) is 2.46. The van der Waals surface area contributed by atoms with Crippen LogP contribution >= 0.6 is 43.4 Å². The molecule has 0 aliphatic carbocycles. The highest BCUT2D eigenvalue weighted by molar-refractivity contribution is 9.11. The quantitative estimate of drug-likeness (QED) is 0.682. The zero-order valence-electron chi connectivity index (χ0n) is 9.58. The zero-order valence-corrected chi connectivity index (χ0v) is 13.6. The highest BCUT2D eigenvalue weighted by Gasteiger charge is 2.17. The van der Waals surface area contributed by atoms with Crippen LogP contribution in [-0.4, -0.2) is 22.3 Å². The van der Waals surface area contributed by atoms with Crippen molar-refractivity contribution in [1.82, 2.24) is 14.7 Å². The monoisotopic (exact) mass is 406 g/mol. The summed E-state index contributed by atoms with van der Waals surface area (Å²) in [5.41, 5.74) is 0.352. The van der Waals surface area contributed by atoms with Gasteiger partial charge in [-0.1, -0.05) is 0 Å². The van der Waals surface area contributed by atoms with Crippen LogP contribution in [0.15, 0.2) is 26.1 Å². The van der Waals surface area contributed by atoms with E-state index in [1.165, 1.54) is 7.05 Å². The Bertz CT molecular complexity index is 662. The molecule has 6 nitrogen and oxygen atoms in total. The maximum atomic E-state index is 11.6. The number of aromatic nitrogens is 2. The van der Waals surface area contributed by atoms with Crippen LogP contribution in [0.1, 0.15) is 10.4 Å². The molecule has 0 atom stereocenters. The maximum absolute atomic E-state index is 11.6. The molecule has 0 aromatic carbocycles. The summed E-state index contributed by atoms with van der Waals surface area (Å²) in [7, 11) is 1.48. The van der Waals surface area contributed by atoms with E-state index in [0.29, 0.717) is 19.9 Å². The average Bonchev–Trinajstić information content (AvgIpc) is 2.68. The molecule has 0 saturated heterocycles. The fraction of sp³-hybridized carbons (Fsp3) is 0.100. The Morgan fingerprint density at radius 2 is 2.00 bits per heavy atom. The Labute approximate surface area is 129 Å². The van der Waals surface area contributed by atoms with Crippen molar-refractivity contribution in [2.45, 2.75) is 0 Å². The molecule has 0 radical (unpaired) electrons. The van der Waals surface area contributed by atoms with Gasteiger partial charge >= 0.3 is 0 Å². The first kappa shape index (κ1) is 14.2. The first-order valence-corrected chi connectivity index (χ1v) is 7.45. The van der Waals surface area contributed by atoms with E-state index >= 15 is 0 Å². The summed E-state index contributed by atoms with van der Waals surface area (Å²) in [4.78, 5) is 27.3. The van der Waals surface area contributed by atoms with E-state index in [2.05, 4.69) is 51.9 Å². The topological polar surface area (TPSA) is 86.9 Å². The summed E-state index contributed by atoms with van der Waals surface area (Å²) >= 11 is 7.60. The summed E-state index contributed by atoms with van der Waals surface area (Å²) in [6.45, 7) is 0. The van der Waals surface area contributed by atoms with Gasteiger partial charge in [0.1, 0.15) is 19.8 Å². The summed E-state index contributed by atoms with van der Waals surface area (Å²) in [5, 5.41) is 5.90. The molecule has 0 spiro atoms. The van der Waals surface area contributed by atoms with Crippen molar-refractivity contribution in [3.63, 3.8) is 0 Å². The van der Waals surface area contributed by atoms with Gasteiger partial charge in [-0.25, -0.2) is 4.98 Å². The van der Waals surface area contributed by atoms with Gasteiger partial charge in [-0.3, -0.25) is 14.0 Å². The lowest BCUT2D eigenvalue weighted by Crippen LogP contribution is -2.24. The fourth-order valence-electron chi connectivity index (χ4n) is 1.39. The molecular formula is C10H8Br2N4O2S.